The van der Waals surface area contributed by atoms with Crippen LogP contribution in [0.4, 0.5) is 4.39 Å². The minimum absolute atomic E-state index is 0.0321. The van der Waals surface area contributed by atoms with E-state index in [2.05, 4.69) is 31.9 Å². The minimum Gasteiger partial charge on any atom is -0.487 e. The van der Waals surface area contributed by atoms with E-state index in [0.717, 1.165) is 5.56 Å². The van der Waals surface area contributed by atoms with Crippen LogP contribution in [0.2, 0.25) is 0 Å². The van der Waals surface area contributed by atoms with Crippen LogP contribution in [0.1, 0.15) is 5.56 Å². The Morgan fingerprint density at radius 2 is 1.62 bits per heavy atom. The lowest BCUT2D eigenvalue weighted by atomic mass is 10.2. The zero-order valence-electron chi connectivity index (χ0n) is 10.5. The van der Waals surface area contributed by atoms with Gasteiger partial charge in [0.25, 0.3) is 0 Å². The van der Waals surface area contributed by atoms with E-state index >= 15 is 0 Å². The van der Waals surface area contributed by atoms with E-state index in [1.807, 2.05) is 0 Å². The smallest absolute Gasteiger partial charge is 0.238 e. The van der Waals surface area contributed by atoms with Crippen molar-refractivity contribution in [2.75, 3.05) is 0 Å². The first kappa shape index (κ1) is 16.4. The van der Waals surface area contributed by atoms with Gasteiger partial charge in [0, 0.05) is 0 Å². The van der Waals surface area contributed by atoms with Crippen LogP contribution in [-0.2, 0) is 16.6 Å². The predicted molar refractivity (Wildman–Crippen MR) is 83.9 cm³/mol. The highest BCUT2D eigenvalue weighted by Gasteiger charge is 2.15. The van der Waals surface area contributed by atoms with Crippen molar-refractivity contribution in [2.24, 2.45) is 5.14 Å². The van der Waals surface area contributed by atoms with Gasteiger partial charge >= 0.3 is 0 Å². The third-order valence-electron chi connectivity index (χ3n) is 2.60. The fourth-order valence-corrected chi connectivity index (χ4v) is 3.86. The maximum atomic E-state index is 12.8. The second-order valence-corrected chi connectivity index (χ2v) is 7.45. The minimum atomic E-state index is -3.79. The maximum absolute atomic E-state index is 12.8. The van der Waals surface area contributed by atoms with Crippen molar-refractivity contribution in [1.82, 2.24) is 0 Å². The lowest BCUT2D eigenvalue weighted by molar-refractivity contribution is 0.302. The van der Waals surface area contributed by atoms with Gasteiger partial charge in [-0.2, -0.15) is 0 Å². The molecule has 0 heterocycles. The van der Waals surface area contributed by atoms with Gasteiger partial charge in [0.1, 0.15) is 18.2 Å². The van der Waals surface area contributed by atoms with Crippen LogP contribution in [0.3, 0.4) is 0 Å². The van der Waals surface area contributed by atoms with Crippen molar-refractivity contribution in [3.63, 3.8) is 0 Å². The Morgan fingerprint density at radius 1 is 1.10 bits per heavy atom. The van der Waals surface area contributed by atoms with Crippen molar-refractivity contribution in [3.8, 4) is 5.75 Å². The summed E-state index contributed by atoms with van der Waals surface area (Å²) in [7, 11) is -3.79. The molecule has 0 fully saturated rings. The normalized spacial score (nSPS) is 11.4. The lowest BCUT2D eigenvalue weighted by Crippen LogP contribution is -2.12. The van der Waals surface area contributed by atoms with Gasteiger partial charge in [0.15, 0.2) is 0 Å². The third kappa shape index (κ3) is 4.26. The van der Waals surface area contributed by atoms with Crippen LogP contribution in [0.25, 0.3) is 0 Å². The number of hydrogen-bond acceptors (Lipinski definition) is 3. The van der Waals surface area contributed by atoms with E-state index in [9.17, 15) is 12.8 Å². The summed E-state index contributed by atoms with van der Waals surface area (Å²) in [6, 6.07) is 8.62. The molecule has 0 aliphatic heterocycles. The molecule has 0 spiro atoms. The average Bonchev–Trinajstić information content (AvgIpc) is 2.38. The van der Waals surface area contributed by atoms with Crippen LogP contribution in [0.15, 0.2) is 50.2 Å². The number of sulfonamides is 1. The van der Waals surface area contributed by atoms with Gasteiger partial charge in [0.2, 0.25) is 10.0 Å². The Kier molecular flexibility index (Phi) is 5.03. The Labute approximate surface area is 138 Å². The summed E-state index contributed by atoms with van der Waals surface area (Å²) >= 11 is 6.48. The molecule has 112 valence electrons. The second-order valence-electron chi connectivity index (χ2n) is 4.18. The molecule has 0 atom stereocenters. The number of nitrogens with two attached hydrogens (primary N) is 1. The maximum Gasteiger partial charge on any atom is 0.238 e. The van der Waals surface area contributed by atoms with E-state index in [0.29, 0.717) is 14.7 Å². The Hall–Kier alpha value is -0.960. The zero-order valence-corrected chi connectivity index (χ0v) is 14.5. The number of rotatable bonds is 4. The molecule has 21 heavy (non-hydrogen) atoms. The number of primary sulfonamides is 1. The van der Waals surface area contributed by atoms with Crippen LogP contribution in [0.5, 0.6) is 5.75 Å². The number of benzene rings is 2. The fourth-order valence-electron chi connectivity index (χ4n) is 1.57. The van der Waals surface area contributed by atoms with E-state index < -0.39 is 10.0 Å². The number of halogens is 3. The highest BCUT2D eigenvalue weighted by Crippen LogP contribution is 2.36. The van der Waals surface area contributed by atoms with E-state index in [1.165, 1.54) is 24.3 Å². The Bertz CT molecular complexity index is 740. The molecule has 0 saturated carbocycles. The molecule has 0 amide bonds. The third-order valence-corrected chi connectivity index (χ3v) is 4.67. The molecule has 2 rings (SSSR count). The van der Waals surface area contributed by atoms with Gasteiger partial charge in [-0.25, -0.2) is 17.9 Å². The first-order valence-corrected chi connectivity index (χ1v) is 8.79. The number of ether oxygens (including phenoxy) is 1. The molecule has 0 unspecified atom stereocenters. The largest absolute Gasteiger partial charge is 0.487 e. The van der Waals surface area contributed by atoms with Gasteiger partial charge in [-0.15, -0.1) is 0 Å². The molecule has 2 N–H and O–H groups in total. The summed E-state index contributed by atoms with van der Waals surface area (Å²) in [6.45, 7) is 0.214. The van der Waals surface area contributed by atoms with Crippen LogP contribution in [-0.4, -0.2) is 8.42 Å². The van der Waals surface area contributed by atoms with Gasteiger partial charge in [-0.3, -0.25) is 0 Å². The quantitative estimate of drug-likeness (QED) is 0.793. The van der Waals surface area contributed by atoms with Crippen molar-refractivity contribution in [1.29, 1.82) is 0 Å². The highest BCUT2D eigenvalue weighted by molar-refractivity contribution is 9.11. The molecule has 2 aromatic carbocycles. The summed E-state index contributed by atoms with van der Waals surface area (Å²) in [6.07, 6.45) is 0. The molecule has 0 aliphatic rings. The monoisotopic (exact) mass is 437 g/mol. The van der Waals surface area contributed by atoms with Crippen molar-refractivity contribution >= 4 is 41.9 Å². The first-order valence-electron chi connectivity index (χ1n) is 5.66. The molecule has 2 aromatic rings. The molecule has 0 saturated heterocycles. The van der Waals surface area contributed by atoms with Crippen LogP contribution >= 0.6 is 31.9 Å². The SMILES string of the molecule is NS(=O)(=O)c1cc(Br)c(OCc2ccc(F)cc2)c(Br)c1. The van der Waals surface area contributed by atoms with Gasteiger partial charge in [-0.05, 0) is 61.7 Å². The predicted octanol–water partition coefficient (Wildman–Crippen LogP) is 3.58. The van der Waals surface area contributed by atoms with Crippen LogP contribution in [0, 0.1) is 5.82 Å². The second kappa shape index (κ2) is 6.43. The van der Waals surface area contributed by atoms with E-state index in [4.69, 9.17) is 9.88 Å². The summed E-state index contributed by atoms with van der Waals surface area (Å²) in [5, 5.41) is 5.08. The molecular weight excluding hydrogens is 429 g/mol. The van der Waals surface area contributed by atoms with Crippen molar-refractivity contribution < 1.29 is 17.5 Å². The van der Waals surface area contributed by atoms with E-state index in [-0.39, 0.29) is 17.3 Å². The topological polar surface area (TPSA) is 69.4 Å². The average molecular weight is 439 g/mol. The molecular formula is C13H10Br2FNO3S. The fraction of sp³-hybridized carbons (Fsp3) is 0.0769. The molecule has 0 radical (unpaired) electrons. The lowest BCUT2D eigenvalue weighted by Gasteiger charge is -2.12. The zero-order chi connectivity index (χ0) is 15.6. The van der Waals surface area contributed by atoms with Gasteiger partial charge < -0.3 is 4.74 Å². The summed E-state index contributed by atoms with van der Waals surface area (Å²) < 4.78 is 42.0. The molecule has 8 heteroatoms. The first-order chi connectivity index (χ1) is 9.77. The molecule has 0 aromatic heterocycles. The van der Waals surface area contributed by atoms with E-state index in [1.54, 1.807) is 12.1 Å². The highest BCUT2D eigenvalue weighted by atomic mass is 79.9. The van der Waals surface area contributed by atoms with Gasteiger partial charge in [0.05, 0.1) is 13.8 Å². The Morgan fingerprint density at radius 3 is 2.10 bits per heavy atom. The summed E-state index contributed by atoms with van der Waals surface area (Å²) in [5.41, 5.74) is 0.783. The van der Waals surface area contributed by atoms with Gasteiger partial charge in [-0.1, -0.05) is 12.1 Å². The molecule has 4 nitrogen and oxygen atoms in total. The number of hydrogen-bond donors (Lipinski definition) is 1. The summed E-state index contributed by atoms with van der Waals surface area (Å²) in [4.78, 5) is -0.0321. The Balaban J connectivity index is 2.23. The van der Waals surface area contributed by atoms with Crippen molar-refractivity contribution in [2.45, 2.75) is 11.5 Å². The standard InChI is InChI=1S/C13H10Br2FNO3S/c14-11-5-10(21(17,18)19)6-12(15)13(11)20-7-8-1-3-9(16)4-2-8/h1-6H,7H2,(H2,17,18,19). The van der Waals surface area contributed by atoms with Crippen LogP contribution < -0.4 is 9.88 Å². The molecule has 0 aliphatic carbocycles. The summed E-state index contributed by atoms with van der Waals surface area (Å²) in [5.74, 6) is 0.116. The molecule has 0 bridgehead atoms. The van der Waals surface area contributed by atoms with Crippen molar-refractivity contribution in [3.05, 3.63) is 56.7 Å².